The van der Waals surface area contributed by atoms with E-state index in [0.717, 1.165) is 18.5 Å². The zero-order valence-electron chi connectivity index (χ0n) is 12.4. The first-order valence-electron chi connectivity index (χ1n) is 7.86. The van der Waals surface area contributed by atoms with Crippen LogP contribution in [0.25, 0.3) is 0 Å². The quantitative estimate of drug-likeness (QED) is 0.795. The van der Waals surface area contributed by atoms with Gasteiger partial charge in [0, 0.05) is 17.8 Å². The summed E-state index contributed by atoms with van der Waals surface area (Å²) in [6.07, 6.45) is 10.7. The Bertz CT molecular complexity index is 414. The number of hydrogen-bond donors (Lipinski definition) is 2. The standard InChI is InChI=1S/C16H26ClN3/c1-2-9-19-15(12-7-5-3-4-6-8-12)14-10-13(17)11-20-16(14)18/h10-12,15,19H,2-9H2,1H3,(H2,18,20). The molecule has 1 atom stereocenters. The van der Waals surface area contributed by atoms with Crippen molar-refractivity contribution < 1.29 is 0 Å². The van der Waals surface area contributed by atoms with Crippen LogP contribution in [0.1, 0.15) is 63.5 Å². The number of nitrogens with one attached hydrogen (secondary N) is 1. The van der Waals surface area contributed by atoms with Gasteiger partial charge in [-0.1, -0.05) is 44.2 Å². The van der Waals surface area contributed by atoms with Crippen LogP contribution in [0.2, 0.25) is 5.02 Å². The minimum absolute atomic E-state index is 0.291. The predicted molar refractivity (Wildman–Crippen MR) is 85.9 cm³/mol. The van der Waals surface area contributed by atoms with Crippen LogP contribution in [0.15, 0.2) is 12.3 Å². The van der Waals surface area contributed by atoms with Crippen molar-refractivity contribution in [1.29, 1.82) is 0 Å². The van der Waals surface area contributed by atoms with E-state index in [1.54, 1.807) is 6.20 Å². The average Bonchev–Trinajstić information content (AvgIpc) is 2.72. The van der Waals surface area contributed by atoms with E-state index >= 15 is 0 Å². The summed E-state index contributed by atoms with van der Waals surface area (Å²) in [7, 11) is 0. The number of nitrogens with zero attached hydrogens (tertiary/aromatic N) is 1. The summed E-state index contributed by atoms with van der Waals surface area (Å²) < 4.78 is 0. The molecule has 0 aromatic carbocycles. The second-order valence-corrected chi connectivity index (χ2v) is 6.25. The zero-order chi connectivity index (χ0) is 14.4. The molecule has 1 saturated carbocycles. The van der Waals surface area contributed by atoms with Gasteiger partial charge in [-0.2, -0.15) is 0 Å². The second-order valence-electron chi connectivity index (χ2n) is 5.81. The van der Waals surface area contributed by atoms with Gasteiger partial charge in [0.15, 0.2) is 0 Å². The van der Waals surface area contributed by atoms with Crippen LogP contribution in [0.3, 0.4) is 0 Å². The molecule has 0 aliphatic heterocycles. The molecule has 1 aliphatic rings. The molecule has 3 N–H and O–H groups in total. The third-order valence-corrected chi connectivity index (χ3v) is 4.44. The van der Waals surface area contributed by atoms with Crippen molar-refractivity contribution in [2.75, 3.05) is 12.3 Å². The van der Waals surface area contributed by atoms with Crippen molar-refractivity contribution in [3.8, 4) is 0 Å². The van der Waals surface area contributed by atoms with Gasteiger partial charge in [0.25, 0.3) is 0 Å². The molecule has 1 unspecified atom stereocenters. The topological polar surface area (TPSA) is 50.9 Å². The number of nitrogen functional groups attached to an aromatic ring is 1. The maximum atomic E-state index is 6.12. The van der Waals surface area contributed by atoms with E-state index in [4.69, 9.17) is 17.3 Å². The van der Waals surface area contributed by atoms with E-state index in [1.807, 2.05) is 6.07 Å². The van der Waals surface area contributed by atoms with Crippen LogP contribution < -0.4 is 11.1 Å². The van der Waals surface area contributed by atoms with Crippen LogP contribution in [0.4, 0.5) is 5.82 Å². The van der Waals surface area contributed by atoms with Crippen molar-refractivity contribution in [3.05, 3.63) is 22.8 Å². The molecule has 3 nitrogen and oxygen atoms in total. The lowest BCUT2D eigenvalue weighted by Gasteiger charge is -2.28. The highest BCUT2D eigenvalue weighted by Gasteiger charge is 2.25. The number of pyridine rings is 1. The average molecular weight is 296 g/mol. The third kappa shape index (κ3) is 4.10. The maximum absolute atomic E-state index is 6.12. The van der Waals surface area contributed by atoms with E-state index < -0.39 is 0 Å². The Hall–Kier alpha value is -0.800. The molecule has 0 bridgehead atoms. The van der Waals surface area contributed by atoms with Crippen molar-refractivity contribution >= 4 is 17.4 Å². The van der Waals surface area contributed by atoms with Crippen LogP contribution >= 0.6 is 11.6 Å². The van der Waals surface area contributed by atoms with E-state index in [0.29, 0.717) is 22.8 Å². The Morgan fingerprint density at radius 1 is 1.35 bits per heavy atom. The second kappa shape index (κ2) is 7.84. The molecule has 1 aliphatic carbocycles. The fourth-order valence-electron chi connectivity index (χ4n) is 3.19. The maximum Gasteiger partial charge on any atom is 0.128 e. The molecule has 1 aromatic heterocycles. The molecule has 20 heavy (non-hydrogen) atoms. The normalized spacial score (nSPS) is 18.7. The van der Waals surface area contributed by atoms with Gasteiger partial charge in [-0.05, 0) is 37.8 Å². The van der Waals surface area contributed by atoms with Gasteiger partial charge in [0.2, 0.25) is 0 Å². The summed E-state index contributed by atoms with van der Waals surface area (Å²) in [5, 5.41) is 4.34. The van der Waals surface area contributed by atoms with Gasteiger partial charge in [0.1, 0.15) is 5.82 Å². The zero-order valence-corrected chi connectivity index (χ0v) is 13.1. The third-order valence-electron chi connectivity index (χ3n) is 4.24. The molecule has 0 spiro atoms. The molecule has 1 fully saturated rings. The molecule has 112 valence electrons. The lowest BCUT2D eigenvalue weighted by Crippen LogP contribution is -2.30. The first-order chi connectivity index (χ1) is 9.72. The van der Waals surface area contributed by atoms with Gasteiger partial charge in [-0.15, -0.1) is 0 Å². The highest BCUT2D eigenvalue weighted by Crippen LogP contribution is 2.36. The molecule has 0 saturated heterocycles. The molecule has 4 heteroatoms. The molecule has 1 aromatic rings. The number of hydrogen-bond acceptors (Lipinski definition) is 3. The predicted octanol–water partition coefficient (Wildman–Crippen LogP) is 4.33. The molecular weight excluding hydrogens is 270 g/mol. The van der Waals surface area contributed by atoms with E-state index in [9.17, 15) is 0 Å². The van der Waals surface area contributed by atoms with Gasteiger partial charge in [-0.3, -0.25) is 0 Å². The molecule has 1 heterocycles. The monoisotopic (exact) mass is 295 g/mol. The number of aromatic nitrogens is 1. The van der Waals surface area contributed by atoms with Crippen LogP contribution in [-0.4, -0.2) is 11.5 Å². The smallest absolute Gasteiger partial charge is 0.128 e. The Balaban J connectivity index is 2.22. The van der Waals surface area contributed by atoms with Gasteiger partial charge >= 0.3 is 0 Å². The fourth-order valence-corrected chi connectivity index (χ4v) is 3.36. The Kier molecular flexibility index (Phi) is 6.11. The largest absolute Gasteiger partial charge is 0.383 e. The Labute approximate surface area is 127 Å². The van der Waals surface area contributed by atoms with E-state index in [2.05, 4.69) is 17.2 Å². The highest BCUT2D eigenvalue weighted by atomic mass is 35.5. The minimum atomic E-state index is 0.291. The van der Waals surface area contributed by atoms with Crippen molar-refractivity contribution in [2.24, 2.45) is 5.92 Å². The van der Waals surface area contributed by atoms with Gasteiger partial charge in [0.05, 0.1) is 5.02 Å². The first-order valence-corrected chi connectivity index (χ1v) is 8.24. The molecule has 0 radical (unpaired) electrons. The van der Waals surface area contributed by atoms with Gasteiger partial charge < -0.3 is 11.1 Å². The van der Waals surface area contributed by atoms with Crippen molar-refractivity contribution in [3.63, 3.8) is 0 Å². The van der Waals surface area contributed by atoms with E-state index in [1.165, 1.54) is 38.5 Å². The molecule has 0 amide bonds. The lowest BCUT2D eigenvalue weighted by atomic mass is 9.87. The highest BCUT2D eigenvalue weighted by molar-refractivity contribution is 6.30. The number of nitrogens with two attached hydrogens (primary N) is 1. The Morgan fingerprint density at radius 3 is 2.70 bits per heavy atom. The summed E-state index contributed by atoms with van der Waals surface area (Å²) in [6.45, 7) is 3.20. The van der Waals surface area contributed by atoms with Gasteiger partial charge in [-0.25, -0.2) is 4.98 Å². The lowest BCUT2D eigenvalue weighted by molar-refractivity contribution is 0.326. The number of halogens is 1. The van der Waals surface area contributed by atoms with Crippen molar-refractivity contribution in [2.45, 2.75) is 57.9 Å². The van der Waals surface area contributed by atoms with Crippen LogP contribution in [-0.2, 0) is 0 Å². The van der Waals surface area contributed by atoms with Crippen LogP contribution in [0.5, 0.6) is 0 Å². The van der Waals surface area contributed by atoms with E-state index in [-0.39, 0.29) is 0 Å². The Morgan fingerprint density at radius 2 is 2.05 bits per heavy atom. The summed E-state index contributed by atoms with van der Waals surface area (Å²) in [4.78, 5) is 4.23. The summed E-state index contributed by atoms with van der Waals surface area (Å²) in [5.41, 5.74) is 7.18. The summed E-state index contributed by atoms with van der Waals surface area (Å²) in [5.74, 6) is 1.26. The number of anilines is 1. The van der Waals surface area contributed by atoms with Crippen molar-refractivity contribution in [1.82, 2.24) is 10.3 Å². The number of rotatable bonds is 5. The molecular formula is C16H26ClN3. The molecule has 2 rings (SSSR count). The summed E-state index contributed by atoms with van der Waals surface area (Å²) >= 11 is 6.12. The minimum Gasteiger partial charge on any atom is -0.383 e. The summed E-state index contributed by atoms with van der Waals surface area (Å²) in [6, 6.07) is 2.28. The van der Waals surface area contributed by atoms with Crippen LogP contribution in [0, 0.1) is 5.92 Å². The SMILES string of the molecule is CCCNC(c1cc(Cl)cnc1N)C1CCCCCC1. The first kappa shape index (κ1) is 15.6. The fraction of sp³-hybridized carbons (Fsp3) is 0.688.